The van der Waals surface area contributed by atoms with Gasteiger partial charge in [0.2, 0.25) is 0 Å². The van der Waals surface area contributed by atoms with E-state index in [1.54, 1.807) is 43.5 Å². The molecule has 0 spiro atoms. The van der Waals surface area contributed by atoms with E-state index in [1.807, 2.05) is 6.07 Å². The van der Waals surface area contributed by atoms with Crippen LogP contribution >= 0.6 is 0 Å². The fraction of sp³-hybridized carbons (Fsp3) is 0.333. The molecular formula is C21H24N2O5. The number of phenols is 1. The van der Waals surface area contributed by atoms with Crippen molar-refractivity contribution in [3.63, 3.8) is 0 Å². The van der Waals surface area contributed by atoms with E-state index in [9.17, 15) is 9.90 Å². The summed E-state index contributed by atoms with van der Waals surface area (Å²) in [5, 5.41) is 10.3. The molecule has 0 saturated carbocycles. The van der Waals surface area contributed by atoms with Gasteiger partial charge in [0.1, 0.15) is 0 Å². The lowest BCUT2D eigenvalue weighted by atomic mass is 10.1. The van der Waals surface area contributed by atoms with E-state index in [0.29, 0.717) is 42.4 Å². The molecule has 0 bridgehead atoms. The molecule has 7 nitrogen and oxygen atoms in total. The molecule has 148 valence electrons. The Kier molecular flexibility index (Phi) is 6.49. The topological polar surface area (TPSA) is 80.6 Å². The van der Waals surface area contributed by atoms with Crippen molar-refractivity contribution in [1.82, 2.24) is 0 Å². The van der Waals surface area contributed by atoms with Crippen LogP contribution in [0.4, 0.5) is 11.4 Å². The standard InChI is InChI=1S/C21H24N2O5/c1-3-28-21(25)15-7-8-18(23-9-11-27-12-10-23)17(13-15)22-14-16-5-4-6-19(26-2)20(16)24/h4-8,13-14,24H,3,9-12H2,1-2H3. The number of anilines is 1. The number of esters is 1. The van der Waals surface area contributed by atoms with Crippen molar-refractivity contribution in [3.05, 3.63) is 47.5 Å². The summed E-state index contributed by atoms with van der Waals surface area (Å²) < 4.78 is 15.7. The summed E-state index contributed by atoms with van der Waals surface area (Å²) in [4.78, 5) is 18.9. The minimum Gasteiger partial charge on any atom is -0.504 e. The fourth-order valence-corrected chi connectivity index (χ4v) is 2.99. The fourth-order valence-electron chi connectivity index (χ4n) is 2.99. The number of carbonyl (C=O) groups excluding carboxylic acids is 1. The maximum Gasteiger partial charge on any atom is 0.338 e. The van der Waals surface area contributed by atoms with Crippen molar-refractivity contribution in [2.45, 2.75) is 6.92 Å². The second-order valence-corrected chi connectivity index (χ2v) is 6.18. The zero-order chi connectivity index (χ0) is 19.9. The van der Waals surface area contributed by atoms with Gasteiger partial charge in [-0.15, -0.1) is 0 Å². The van der Waals surface area contributed by atoms with Crippen LogP contribution in [0.15, 0.2) is 41.4 Å². The Bertz CT molecular complexity index is 860. The minimum atomic E-state index is -0.392. The van der Waals surface area contributed by atoms with Gasteiger partial charge in [0.15, 0.2) is 11.5 Å². The van der Waals surface area contributed by atoms with Gasteiger partial charge in [0, 0.05) is 24.9 Å². The maximum absolute atomic E-state index is 12.1. The lowest BCUT2D eigenvalue weighted by molar-refractivity contribution is 0.0526. The first kappa shape index (κ1) is 19.7. The molecule has 7 heteroatoms. The van der Waals surface area contributed by atoms with E-state index in [2.05, 4.69) is 9.89 Å². The number of carbonyl (C=O) groups is 1. The van der Waals surface area contributed by atoms with Crippen molar-refractivity contribution >= 4 is 23.6 Å². The average Bonchev–Trinajstić information content (AvgIpc) is 2.73. The molecule has 2 aromatic rings. The average molecular weight is 384 g/mol. The zero-order valence-corrected chi connectivity index (χ0v) is 16.1. The third-order valence-corrected chi connectivity index (χ3v) is 4.43. The van der Waals surface area contributed by atoms with Crippen LogP contribution < -0.4 is 9.64 Å². The van der Waals surface area contributed by atoms with E-state index in [0.717, 1.165) is 18.8 Å². The first-order valence-electron chi connectivity index (χ1n) is 9.18. The van der Waals surface area contributed by atoms with Crippen molar-refractivity contribution < 1.29 is 24.1 Å². The predicted octanol–water partition coefficient (Wildman–Crippen LogP) is 3.16. The molecule has 3 rings (SSSR count). The number of hydrogen-bond donors (Lipinski definition) is 1. The van der Waals surface area contributed by atoms with Gasteiger partial charge >= 0.3 is 5.97 Å². The molecule has 1 fully saturated rings. The summed E-state index contributed by atoms with van der Waals surface area (Å²) in [6, 6.07) is 10.5. The summed E-state index contributed by atoms with van der Waals surface area (Å²) in [5.74, 6) is -0.00227. The summed E-state index contributed by atoms with van der Waals surface area (Å²) in [6.45, 7) is 4.83. The number of aromatic hydroxyl groups is 1. The molecule has 0 aromatic heterocycles. The van der Waals surface area contributed by atoms with Crippen LogP contribution in [-0.2, 0) is 9.47 Å². The molecule has 1 heterocycles. The monoisotopic (exact) mass is 384 g/mol. The highest BCUT2D eigenvalue weighted by Gasteiger charge is 2.17. The van der Waals surface area contributed by atoms with Crippen LogP contribution in [0.1, 0.15) is 22.8 Å². The first-order chi connectivity index (χ1) is 13.6. The van der Waals surface area contributed by atoms with Crippen LogP contribution in [-0.4, -0.2) is 57.3 Å². The Morgan fingerprint density at radius 2 is 2.07 bits per heavy atom. The molecule has 1 aliphatic heterocycles. The van der Waals surface area contributed by atoms with Crippen molar-refractivity contribution in [1.29, 1.82) is 0 Å². The van der Waals surface area contributed by atoms with E-state index in [4.69, 9.17) is 14.2 Å². The van der Waals surface area contributed by atoms with Crippen molar-refractivity contribution in [2.75, 3.05) is 44.9 Å². The lowest BCUT2D eigenvalue weighted by Crippen LogP contribution is -2.36. The number of aliphatic imine (C=N–C) groups is 1. The largest absolute Gasteiger partial charge is 0.504 e. The van der Waals surface area contributed by atoms with Gasteiger partial charge in [-0.2, -0.15) is 0 Å². The number of para-hydroxylation sites is 1. The minimum absolute atomic E-state index is 0.0169. The van der Waals surface area contributed by atoms with Crippen LogP contribution in [0.3, 0.4) is 0 Å². The molecule has 0 amide bonds. The highest BCUT2D eigenvalue weighted by molar-refractivity contribution is 5.93. The van der Waals surface area contributed by atoms with Gasteiger partial charge in [0.05, 0.1) is 43.9 Å². The smallest absolute Gasteiger partial charge is 0.338 e. The Morgan fingerprint density at radius 3 is 2.79 bits per heavy atom. The number of benzene rings is 2. The Balaban J connectivity index is 1.98. The van der Waals surface area contributed by atoms with Gasteiger partial charge in [-0.3, -0.25) is 4.99 Å². The number of nitrogens with zero attached hydrogens (tertiary/aromatic N) is 2. The van der Waals surface area contributed by atoms with Gasteiger partial charge in [-0.1, -0.05) is 6.07 Å². The Hall–Kier alpha value is -3.06. The number of methoxy groups -OCH3 is 1. The molecular weight excluding hydrogens is 360 g/mol. The molecule has 0 atom stereocenters. The molecule has 2 aromatic carbocycles. The van der Waals surface area contributed by atoms with Crippen LogP contribution in [0.25, 0.3) is 0 Å². The second kappa shape index (κ2) is 9.23. The molecule has 0 unspecified atom stereocenters. The SMILES string of the molecule is CCOC(=O)c1ccc(N2CCOCC2)c(N=Cc2cccc(OC)c2O)c1. The van der Waals surface area contributed by atoms with E-state index in [-0.39, 0.29) is 5.75 Å². The zero-order valence-electron chi connectivity index (χ0n) is 16.1. The van der Waals surface area contributed by atoms with Gasteiger partial charge < -0.3 is 24.2 Å². The number of morpholine rings is 1. The first-order valence-corrected chi connectivity index (χ1v) is 9.18. The summed E-state index contributed by atoms with van der Waals surface area (Å²) >= 11 is 0. The third kappa shape index (κ3) is 4.43. The third-order valence-electron chi connectivity index (χ3n) is 4.43. The Labute approximate surface area is 164 Å². The molecule has 0 radical (unpaired) electrons. The van der Waals surface area contributed by atoms with Crippen LogP contribution in [0.5, 0.6) is 11.5 Å². The van der Waals surface area contributed by atoms with E-state index >= 15 is 0 Å². The lowest BCUT2D eigenvalue weighted by Gasteiger charge is -2.29. The quantitative estimate of drug-likeness (QED) is 0.609. The predicted molar refractivity (Wildman–Crippen MR) is 107 cm³/mol. The number of phenolic OH excluding ortho intramolecular Hbond substituents is 1. The normalized spacial score (nSPS) is 14.3. The Morgan fingerprint density at radius 1 is 1.29 bits per heavy atom. The van der Waals surface area contributed by atoms with Crippen LogP contribution in [0.2, 0.25) is 0 Å². The molecule has 1 N–H and O–H groups in total. The molecule has 1 aliphatic rings. The molecule has 1 saturated heterocycles. The van der Waals surface area contributed by atoms with E-state index < -0.39 is 5.97 Å². The molecule has 28 heavy (non-hydrogen) atoms. The van der Waals surface area contributed by atoms with Crippen molar-refractivity contribution in [2.24, 2.45) is 4.99 Å². The van der Waals surface area contributed by atoms with Crippen LogP contribution in [0, 0.1) is 0 Å². The second-order valence-electron chi connectivity index (χ2n) is 6.18. The maximum atomic E-state index is 12.1. The van der Waals surface area contributed by atoms with Gasteiger partial charge in [-0.05, 0) is 37.3 Å². The summed E-state index contributed by atoms with van der Waals surface area (Å²) in [7, 11) is 1.50. The highest BCUT2D eigenvalue weighted by atomic mass is 16.5. The molecule has 0 aliphatic carbocycles. The van der Waals surface area contributed by atoms with Crippen molar-refractivity contribution in [3.8, 4) is 11.5 Å². The van der Waals surface area contributed by atoms with Gasteiger partial charge in [0.25, 0.3) is 0 Å². The summed E-state index contributed by atoms with van der Waals surface area (Å²) in [6.07, 6.45) is 1.56. The van der Waals surface area contributed by atoms with Gasteiger partial charge in [-0.25, -0.2) is 4.79 Å². The highest BCUT2D eigenvalue weighted by Crippen LogP contribution is 2.32. The number of ether oxygens (including phenoxy) is 3. The number of rotatable bonds is 6. The van der Waals surface area contributed by atoms with E-state index in [1.165, 1.54) is 7.11 Å². The number of hydrogen-bond acceptors (Lipinski definition) is 7. The summed E-state index contributed by atoms with van der Waals surface area (Å²) in [5.41, 5.74) is 2.47.